The minimum atomic E-state index is -0.596. The highest BCUT2D eigenvalue weighted by molar-refractivity contribution is 7.23. The molecule has 0 saturated carbocycles. The molecule has 4 aromatic rings. The fourth-order valence-electron chi connectivity index (χ4n) is 5.19. The molecule has 0 amide bonds. The normalized spacial score (nSPS) is 17.6. The maximum Gasteiger partial charge on any atom is 0.159 e. The van der Waals surface area contributed by atoms with Gasteiger partial charge in [0.05, 0.1) is 35.4 Å². The van der Waals surface area contributed by atoms with Gasteiger partial charge in [0.15, 0.2) is 11.6 Å². The second-order valence-electron chi connectivity index (χ2n) is 9.17. The Kier molecular flexibility index (Phi) is 5.11. The van der Waals surface area contributed by atoms with Gasteiger partial charge in [0.1, 0.15) is 22.4 Å². The number of halogens is 2. The van der Waals surface area contributed by atoms with Gasteiger partial charge in [-0.3, -0.25) is 4.98 Å². The zero-order valence-corrected chi connectivity index (χ0v) is 20.0. The van der Waals surface area contributed by atoms with Crippen LogP contribution in [0.15, 0.2) is 18.3 Å². The number of ether oxygens (including phenoxy) is 1. The number of fused-ring (bicyclic) bond motifs is 4. The van der Waals surface area contributed by atoms with E-state index < -0.39 is 11.6 Å². The third-order valence-corrected chi connectivity index (χ3v) is 8.08. The Morgan fingerprint density at radius 3 is 2.80 bits per heavy atom. The molecular weight excluding hydrogens is 470 g/mol. The molecule has 178 valence electrons. The number of pyridine rings is 2. The number of nitrogens with zero attached hydrogens (tertiary/aromatic N) is 5. The molecule has 35 heavy (non-hydrogen) atoms. The molecule has 3 aromatic heterocycles. The summed E-state index contributed by atoms with van der Waals surface area (Å²) in [5, 5.41) is 10.8. The molecule has 5 heterocycles. The standard InChI is InChI=1S/C25H22F2N6OS/c1-32(2)12-5-6-33(9-12)18-4-3-13-15-10-34-11-16(15)19(21(27)22(13)31-18)23-20-14(7-28)25(29)35-24(20)17(26)8-30-23/h3-4,8,12H,5-6,9-11,29H2,1-2H3/t12-/m0/s1. The quantitative estimate of drug-likeness (QED) is 0.453. The van der Waals surface area contributed by atoms with Gasteiger partial charge in [0.2, 0.25) is 0 Å². The molecule has 0 bridgehead atoms. The highest BCUT2D eigenvalue weighted by Gasteiger charge is 2.31. The lowest BCUT2D eigenvalue weighted by Gasteiger charge is -2.22. The Labute approximate surface area is 204 Å². The van der Waals surface area contributed by atoms with Crippen molar-refractivity contribution in [3.63, 3.8) is 0 Å². The van der Waals surface area contributed by atoms with E-state index in [4.69, 9.17) is 15.5 Å². The molecule has 10 heteroatoms. The zero-order chi connectivity index (χ0) is 24.4. The number of nitriles is 1. The summed E-state index contributed by atoms with van der Waals surface area (Å²) in [6.07, 6.45) is 2.06. The highest BCUT2D eigenvalue weighted by Crippen LogP contribution is 2.45. The second kappa shape index (κ2) is 8.09. The maximum atomic E-state index is 16.4. The van der Waals surface area contributed by atoms with Crippen LogP contribution in [-0.4, -0.2) is 48.1 Å². The Morgan fingerprint density at radius 2 is 2.06 bits per heavy atom. The van der Waals surface area contributed by atoms with E-state index in [-0.39, 0.29) is 44.0 Å². The first-order valence-electron chi connectivity index (χ1n) is 11.3. The number of anilines is 2. The van der Waals surface area contributed by atoms with Crippen LogP contribution in [0.25, 0.3) is 32.2 Å². The summed E-state index contributed by atoms with van der Waals surface area (Å²) in [5.74, 6) is -0.440. The van der Waals surface area contributed by atoms with Crippen molar-refractivity contribution in [1.29, 1.82) is 5.26 Å². The molecule has 0 radical (unpaired) electrons. The number of nitrogen functional groups attached to an aromatic ring is 1. The second-order valence-corrected chi connectivity index (χ2v) is 10.2. The van der Waals surface area contributed by atoms with Crippen LogP contribution >= 0.6 is 11.3 Å². The summed E-state index contributed by atoms with van der Waals surface area (Å²) in [6.45, 7) is 2.16. The topological polar surface area (TPSA) is 91.3 Å². The van der Waals surface area contributed by atoms with Crippen LogP contribution in [0.2, 0.25) is 0 Å². The molecule has 2 aliphatic heterocycles. The molecule has 2 aliphatic rings. The van der Waals surface area contributed by atoms with Crippen molar-refractivity contribution < 1.29 is 13.5 Å². The van der Waals surface area contributed by atoms with Gasteiger partial charge in [-0.1, -0.05) is 0 Å². The molecule has 1 fully saturated rings. The Bertz CT molecular complexity index is 1560. The van der Waals surface area contributed by atoms with Gasteiger partial charge in [0, 0.05) is 35.5 Å². The molecule has 0 spiro atoms. The van der Waals surface area contributed by atoms with Crippen LogP contribution in [0.5, 0.6) is 0 Å². The summed E-state index contributed by atoms with van der Waals surface area (Å²) >= 11 is 0.964. The number of thiophene rings is 1. The van der Waals surface area contributed by atoms with Gasteiger partial charge < -0.3 is 20.3 Å². The van der Waals surface area contributed by atoms with E-state index in [0.717, 1.165) is 42.6 Å². The molecule has 1 aromatic carbocycles. The smallest absolute Gasteiger partial charge is 0.159 e. The van der Waals surface area contributed by atoms with Crippen LogP contribution in [0.1, 0.15) is 23.1 Å². The molecule has 0 unspecified atom stereocenters. The zero-order valence-electron chi connectivity index (χ0n) is 19.2. The van der Waals surface area contributed by atoms with Crippen LogP contribution in [0.3, 0.4) is 0 Å². The molecule has 0 aliphatic carbocycles. The van der Waals surface area contributed by atoms with Crippen LogP contribution in [0.4, 0.5) is 19.6 Å². The summed E-state index contributed by atoms with van der Waals surface area (Å²) in [6, 6.07) is 6.28. The van der Waals surface area contributed by atoms with E-state index in [0.29, 0.717) is 29.4 Å². The van der Waals surface area contributed by atoms with Crippen molar-refractivity contribution in [1.82, 2.24) is 14.9 Å². The minimum absolute atomic E-state index is 0.104. The van der Waals surface area contributed by atoms with Gasteiger partial charge in [0.25, 0.3) is 0 Å². The Hall–Kier alpha value is -3.39. The molecule has 6 rings (SSSR count). The van der Waals surface area contributed by atoms with Crippen LogP contribution in [0, 0.1) is 23.0 Å². The largest absolute Gasteiger partial charge is 0.389 e. The van der Waals surface area contributed by atoms with Crippen molar-refractivity contribution in [3.8, 4) is 17.3 Å². The highest BCUT2D eigenvalue weighted by atomic mass is 32.1. The predicted molar refractivity (Wildman–Crippen MR) is 132 cm³/mol. The van der Waals surface area contributed by atoms with Crippen molar-refractivity contribution in [2.75, 3.05) is 37.8 Å². The number of benzene rings is 1. The minimum Gasteiger partial charge on any atom is -0.389 e. The van der Waals surface area contributed by atoms with E-state index in [2.05, 4.69) is 28.9 Å². The lowest BCUT2D eigenvalue weighted by molar-refractivity contribution is 0.135. The predicted octanol–water partition coefficient (Wildman–Crippen LogP) is 4.41. The van der Waals surface area contributed by atoms with Crippen LogP contribution in [-0.2, 0) is 18.0 Å². The monoisotopic (exact) mass is 492 g/mol. The van der Waals surface area contributed by atoms with Crippen molar-refractivity contribution in [2.45, 2.75) is 25.7 Å². The van der Waals surface area contributed by atoms with E-state index in [1.165, 1.54) is 0 Å². The fourth-order valence-corrected chi connectivity index (χ4v) is 6.11. The lowest BCUT2D eigenvalue weighted by Crippen LogP contribution is -2.31. The Morgan fingerprint density at radius 1 is 1.26 bits per heavy atom. The molecule has 2 N–H and O–H groups in total. The van der Waals surface area contributed by atoms with Gasteiger partial charge >= 0.3 is 0 Å². The average molecular weight is 493 g/mol. The van der Waals surface area contributed by atoms with E-state index in [1.54, 1.807) is 0 Å². The van der Waals surface area contributed by atoms with Gasteiger partial charge in [-0.05, 0) is 43.8 Å². The number of hydrogen-bond donors (Lipinski definition) is 1. The maximum absolute atomic E-state index is 16.4. The fraction of sp³-hybridized carbons (Fsp3) is 0.320. The summed E-state index contributed by atoms with van der Waals surface area (Å²) in [5.41, 5.74) is 8.19. The average Bonchev–Trinajstić information content (AvgIpc) is 3.59. The first kappa shape index (κ1) is 22.1. The van der Waals surface area contributed by atoms with E-state index in [9.17, 15) is 9.65 Å². The Balaban J connectivity index is 1.60. The molecule has 1 saturated heterocycles. The van der Waals surface area contributed by atoms with Gasteiger partial charge in [-0.2, -0.15) is 5.26 Å². The first-order chi connectivity index (χ1) is 16.9. The third-order valence-electron chi connectivity index (χ3n) is 7.05. The molecule has 1 atom stereocenters. The molecule has 7 nitrogen and oxygen atoms in total. The van der Waals surface area contributed by atoms with Crippen molar-refractivity contribution in [2.24, 2.45) is 0 Å². The van der Waals surface area contributed by atoms with Crippen molar-refractivity contribution in [3.05, 3.63) is 46.7 Å². The van der Waals surface area contributed by atoms with E-state index >= 15 is 4.39 Å². The van der Waals surface area contributed by atoms with Crippen molar-refractivity contribution >= 4 is 43.1 Å². The number of aromatic nitrogens is 2. The SMILES string of the molecule is CN(C)[C@H]1CCN(c2ccc3c4c(c(-c5ncc(F)c6sc(N)c(C#N)c56)c(F)c3n2)COC4)C1. The van der Waals surface area contributed by atoms with E-state index in [1.807, 2.05) is 18.2 Å². The third kappa shape index (κ3) is 3.26. The number of nitrogens with two attached hydrogens (primary N) is 1. The number of rotatable bonds is 3. The lowest BCUT2D eigenvalue weighted by atomic mass is 9.93. The number of hydrogen-bond acceptors (Lipinski definition) is 8. The summed E-state index contributed by atoms with van der Waals surface area (Å²) in [7, 11) is 4.11. The molecular formula is C25H22F2N6OS. The van der Waals surface area contributed by atoms with Gasteiger partial charge in [-0.15, -0.1) is 11.3 Å². The first-order valence-corrected chi connectivity index (χ1v) is 12.1. The number of likely N-dealkylation sites (N-methyl/N-ethyl adjacent to an activating group) is 1. The van der Waals surface area contributed by atoms with Crippen LogP contribution < -0.4 is 10.6 Å². The van der Waals surface area contributed by atoms with Gasteiger partial charge in [-0.25, -0.2) is 13.8 Å². The summed E-state index contributed by atoms with van der Waals surface area (Å²) < 4.78 is 36.9. The summed E-state index contributed by atoms with van der Waals surface area (Å²) in [4.78, 5) is 13.4.